The van der Waals surface area contributed by atoms with Crippen LogP contribution in [-0.2, 0) is 31.0 Å². The standard InChI is InChI=1S/C25H29N5O5/c31-24(29(18-21-8-6-14-34-21)19-22-9-7-15-35-22)11-3-1-2-4-13-30-17-20(26-27-30)16-28-12-5-10-23(28)25(32)33/h5-10,12,14-15,17H,1-4,11,13,16,18-19H2,(H,32,33). The summed E-state index contributed by atoms with van der Waals surface area (Å²) in [5.41, 5.74) is 0.934. The number of carbonyl (C=O) groups is 2. The second-order valence-electron chi connectivity index (χ2n) is 8.37. The van der Waals surface area contributed by atoms with Gasteiger partial charge in [-0.3, -0.25) is 9.48 Å². The Kier molecular flexibility index (Phi) is 8.16. The lowest BCUT2D eigenvalue weighted by molar-refractivity contribution is -0.133. The molecule has 0 spiro atoms. The highest BCUT2D eigenvalue weighted by molar-refractivity contribution is 5.85. The van der Waals surface area contributed by atoms with Gasteiger partial charge in [0.15, 0.2) is 0 Å². The Morgan fingerprint density at radius 2 is 1.66 bits per heavy atom. The summed E-state index contributed by atoms with van der Waals surface area (Å²) in [5, 5.41) is 17.5. The molecule has 184 valence electrons. The van der Waals surface area contributed by atoms with Gasteiger partial charge in [0.25, 0.3) is 0 Å². The van der Waals surface area contributed by atoms with Gasteiger partial charge in [0, 0.05) is 19.2 Å². The van der Waals surface area contributed by atoms with Gasteiger partial charge in [-0.15, -0.1) is 5.10 Å². The van der Waals surface area contributed by atoms with Crippen LogP contribution in [0.25, 0.3) is 0 Å². The van der Waals surface area contributed by atoms with Crippen molar-refractivity contribution in [2.75, 3.05) is 0 Å². The third kappa shape index (κ3) is 6.95. The maximum Gasteiger partial charge on any atom is 0.352 e. The van der Waals surface area contributed by atoms with E-state index in [0.717, 1.165) is 43.7 Å². The van der Waals surface area contributed by atoms with Crippen molar-refractivity contribution >= 4 is 11.9 Å². The minimum absolute atomic E-state index is 0.0736. The molecule has 0 saturated carbocycles. The summed E-state index contributed by atoms with van der Waals surface area (Å²) in [6, 6.07) is 10.6. The summed E-state index contributed by atoms with van der Waals surface area (Å²) < 4.78 is 14.2. The van der Waals surface area contributed by atoms with E-state index < -0.39 is 5.97 Å². The molecule has 0 aromatic carbocycles. The molecule has 10 nitrogen and oxygen atoms in total. The fourth-order valence-electron chi connectivity index (χ4n) is 3.92. The van der Waals surface area contributed by atoms with Gasteiger partial charge in [-0.1, -0.05) is 18.1 Å². The number of aromatic carboxylic acids is 1. The summed E-state index contributed by atoms with van der Waals surface area (Å²) in [4.78, 5) is 25.8. The zero-order valence-corrected chi connectivity index (χ0v) is 19.5. The molecule has 4 rings (SSSR count). The third-order valence-corrected chi connectivity index (χ3v) is 5.70. The van der Waals surface area contributed by atoms with Gasteiger partial charge >= 0.3 is 5.97 Å². The summed E-state index contributed by atoms with van der Waals surface area (Å²) >= 11 is 0. The van der Waals surface area contributed by atoms with E-state index in [9.17, 15) is 14.7 Å². The van der Waals surface area contributed by atoms with E-state index in [0.29, 0.717) is 31.7 Å². The molecule has 0 aliphatic rings. The Balaban J connectivity index is 1.17. The molecule has 10 heteroatoms. The fraction of sp³-hybridized carbons (Fsp3) is 0.360. The zero-order valence-electron chi connectivity index (χ0n) is 19.5. The third-order valence-electron chi connectivity index (χ3n) is 5.70. The molecule has 0 bridgehead atoms. The van der Waals surface area contributed by atoms with Gasteiger partial charge in [0.2, 0.25) is 5.91 Å². The van der Waals surface area contributed by atoms with Crippen molar-refractivity contribution in [1.82, 2.24) is 24.5 Å². The van der Waals surface area contributed by atoms with Crippen molar-refractivity contribution in [3.05, 3.63) is 84.2 Å². The molecule has 4 heterocycles. The maximum atomic E-state index is 12.8. The molecule has 4 aromatic rings. The van der Waals surface area contributed by atoms with Gasteiger partial charge in [0.1, 0.15) is 22.9 Å². The monoisotopic (exact) mass is 479 g/mol. The van der Waals surface area contributed by atoms with Crippen LogP contribution in [0.3, 0.4) is 0 Å². The first-order valence-electron chi connectivity index (χ1n) is 11.7. The Bertz CT molecular complexity index is 1160. The van der Waals surface area contributed by atoms with E-state index in [1.807, 2.05) is 30.5 Å². The molecule has 0 unspecified atom stereocenters. The number of amides is 1. The minimum Gasteiger partial charge on any atom is -0.477 e. The maximum absolute atomic E-state index is 12.8. The smallest absolute Gasteiger partial charge is 0.352 e. The summed E-state index contributed by atoms with van der Waals surface area (Å²) in [6.45, 7) is 1.92. The quantitative estimate of drug-likeness (QED) is 0.269. The Labute approximate surface area is 202 Å². The van der Waals surface area contributed by atoms with Crippen molar-refractivity contribution in [3.63, 3.8) is 0 Å². The summed E-state index contributed by atoms with van der Waals surface area (Å²) in [5.74, 6) is 0.594. The van der Waals surface area contributed by atoms with E-state index in [4.69, 9.17) is 8.83 Å². The second-order valence-corrected chi connectivity index (χ2v) is 8.37. The molecule has 1 N–H and O–H groups in total. The highest BCUT2D eigenvalue weighted by Crippen LogP contribution is 2.15. The second kappa shape index (κ2) is 11.9. The average Bonchev–Trinajstić information content (AvgIpc) is 3.65. The van der Waals surface area contributed by atoms with E-state index in [1.165, 1.54) is 0 Å². The van der Waals surface area contributed by atoms with Crippen LogP contribution < -0.4 is 0 Å². The first-order valence-corrected chi connectivity index (χ1v) is 11.7. The number of unbranched alkanes of at least 4 members (excludes halogenated alkanes) is 3. The number of furan rings is 2. The van der Waals surface area contributed by atoms with Crippen LogP contribution in [0.5, 0.6) is 0 Å². The zero-order chi connectivity index (χ0) is 24.5. The highest BCUT2D eigenvalue weighted by atomic mass is 16.4. The number of aromatic nitrogens is 4. The van der Waals surface area contributed by atoms with Gasteiger partial charge in [-0.05, 0) is 49.2 Å². The molecule has 0 aliphatic carbocycles. The number of nitrogens with zero attached hydrogens (tertiary/aromatic N) is 5. The lowest BCUT2D eigenvalue weighted by Crippen LogP contribution is -2.29. The van der Waals surface area contributed by atoms with Crippen LogP contribution in [0.2, 0.25) is 0 Å². The number of aryl methyl sites for hydroxylation is 1. The molecule has 1 amide bonds. The first-order chi connectivity index (χ1) is 17.1. The fourth-order valence-corrected chi connectivity index (χ4v) is 3.92. The molecule has 0 aliphatic heterocycles. The molecule has 35 heavy (non-hydrogen) atoms. The van der Waals surface area contributed by atoms with Gasteiger partial charge in [0.05, 0.1) is 38.4 Å². The van der Waals surface area contributed by atoms with Crippen LogP contribution in [0.1, 0.15) is 59.8 Å². The number of rotatable bonds is 14. The lowest BCUT2D eigenvalue weighted by Gasteiger charge is -2.20. The molecule has 0 saturated heterocycles. The van der Waals surface area contributed by atoms with Crippen LogP contribution in [0, 0.1) is 0 Å². The number of hydrogen-bond donors (Lipinski definition) is 1. The number of carboxylic acids is 1. The van der Waals surface area contributed by atoms with Gasteiger partial charge in [-0.2, -0.15) is 0 Å². The Morgan fingerprint density at radius 3 is 2.31 bits per heavy atom. The predicted octanol–water partition coefficient (Wildman–Crippen LogP) is 4.19. The number of carbonyl (C=O) groups excluding carboxylic acids is 1. The highest BCUT2D eigenvalue weighted by Gasteiger charge is 2.17. The largest absolute Gasteiger partial charge is 0.477 e. The number of carboxylic acid groups (broad SMARTS) is 1. The SMILES string of the molecule is O=C(O)c1cccn1Cc1cn(CCCCCCC(=O)N(Cc2ccco2)Cc2ccco2)nn1. The van der Waals surface area contributed by atoms with Crippen molar-refractivity contribution in [1.29, 1.82) is 0 Å². The van der Waals surface area contributed by atoms with Gasteiger partial charge < -0.3 is 23.4 Å². The molecule has 0 atom stereocenters. The minimum atomic E-state index is -0.967. The lowest BCUT2D eigenvalue weighted by atomic mass is 10.1. The predicted molar refractivity (Wildman–Crippen MR) is 125 cm³/mol. The van der Waals surface area contributed by atoms with Crippen molar-refractivity contribution in [2.24, 2.45) is 0 Å². The van der Waals surface area contributed by atoms with Crippen molar-refractivity contribution in [3.8, 4) is 0 Å². The molecule has 0 radical (unpaired) electrons. The Morgan fingerprint density at radius 1 is 0.943 bits per heavy atom. The topological polar surface area (TPSA) is 120 Å². The van der Waals surface area contributed by atoms with Crippen LogP contribution in [0.15, 0.2) is 70.2 Å². The van der Waals surface area contributed by atoms with E-state index in [1.54, 1.807) is 45.0 Å². The average molecular weight is 480 g/mol. The molecular weight excluding hydrogens is 450 g/mol. The summed E-state index contributed by atoms with van der Waals surface area (Å²) in [7, 11) is 0. The van der Waals surface area contributed by atoms with Crippen molar-refractivity contribution < 1.29 is 23.5 Å². The van der Waals surface area contributed by atoms with E-state index >= 15 is 0 Å². The summed E-state index contributed by atoms with van der Waals surface area (Å²) in [6.07, 6.45) is 10.9. The van der Waals surface area contributed by atoms with Crippen LogP contribution >= 0.6 is 0 Å². The first kappa shape index (κ1) is 24.1. The van der Waals surface area contributed by atoms with Crippen LogP contribution in [-0.4, -0.2) is 41.4 Å². The molecular formula is C25H29N5O5. The van der Waals surface area contributed by atoms with E-state index in [-0.39, 0.29) is 11.6 Å². The van der Waals surface area contributed by atoms with Crippen molar-refractivity contribution in [2.45, 2.75) is 58.3 Å². The molecule has 4 aromatic heterocycles. The van der Waals surface area contributed by atoms with Gasteiger partial charge in [-0.25, -0.2) is 4.79 Å². The number of hydrogen-bond acceptors (Lipinski definition) is 6. The van der Waals surface area contributed by atoms with E-state index in [2.05, 4.69) is 10.3 Å². The molecule has 0 fully saturated rings. The normalized spacial score (nSPS) is 11.1. The Hall–Kier alpha value is -4.08. The van der Waals surface area contributed by atoms with Crippen LogP contribution in [0.4, 0.5) is 0 Å².